The Hall–Kier alpha value is -3.22. The van der Waals surface area contributed by atoms with Gasteiger partial charge in [0, 0.05) is 32.4 Å². The van der Waals surface area contributed by atoms with Crippen LogP contribution in [0.25, 0.3) is 0 Å². The molecule has 1 spiro atoms. The molecule has 2 fully saturated rings. The Kier molecular flexibility index (Phi) is 6.67. The Morgan fingerprint density at radius 2 is 2.03 bits per heavy atom. The van der Waals surface area contributed by atoms with Gasteiger partial charge in [-0.15, -0.1) is 0 Å². The van der Waals surface area contributed by atoms with Gasteiger partial charge in [0.25, 0.3) is 11.8 Å². The van der Waals surface area contributed by atoms with Crippen molar-refractivity contribution in [3.63, 3.8) is 0 Å². The molecule has 9 nitrogen and oxygen atoms in total. The summed E-state index contributed by atoms with van der Waals surface area (Å²) in [4.78, 5) is 27.2. The highest BCUT2D eigenvalue weighted by Gasteiger charge is 2.48. The zero-order valence-electron chi connectivity index (χ0n) is 16.9. The fourth-order valence-corrected chi connectivity index (χ4v) is 3.54. The molecule has 0 saturated carbocycles. The Bertz CT molecular complexity index is 983. The topological polar surface area (TPSA) is 107 Å². The lowest BCUT2D eigenvalue weighted by Gasteiger charge is -2.23. The Balaban J connectivity index is 0.000000360. The standard InChI is InChI=1S/C17H19FN4O3.C2HF3O2/c1-21-14(4-7-20-21)16(23)22-8-5-17(11-22)9-12(10-24-17)25-15-13(18)3-2-6-19-15;3-2(4,5)1(6)7/h2-4,6-7,12H,5,8-11H2,1H3;(H,6,7)/t12-,17-;/m0./s1. The van der Waals surface area contributed by atoms with E-state index in [-0.39, 0.29) is 17.9 Å². The smallest absolute Gasteiger partial charge is 0.475 e. The normalized spacial score (nSPS) is 22.5. The van der Waals surface area contributed by atoms with Crippen molar-refractivity contribution in [3.8, 4) is 5.88 Å². The van der Waals surface area contributed by atoms with Gasteiger partial charge in [-0.3, -0.25) is 9.48 Å². The van der Waals surface area contributed by atoms with E-state index < -0.39 is 23.6 Å². The number of carbonyl (C=O) groups is 2. The summed E-state index contributed by atoms with van der Waals surface area (Å²) < 4.78 is 58.6. The van der Waals surface area contributed by atoms with E-state index in [0.717, 1.165) is 6.42 Å². The van der Waals surface area contributed by atoms with Crippen molar-refractivity contribution in [2.24, 2.45) is 7.05 Å². The third-order valence-electron chi connectivity index (χ3n) is 5.06. The van der Waals surface area contributed by atoms with Crippen molar-refractivity contribution in [1.82, 2.24) is 19.7 Å². The summed E-state index contributed by atoms with van der Waals surface area (Å²) in [6, 6.07) is 4.55. The van der Waals surface area contributed by atoms with E-state index in [2.05, 4.69) is 10.1 Å². The van der Waals surface area contributed by atoms with E-state index in [0.29, 0.717) is 31.8 Å². The first kappa shape index (κ1) is 23.4. The van der Waals surface area contributed by atoms with Crippen LogP contribution in [0.15, 0.2) is 30.6 Å². The first-order chi connectivity index (χ1) is 15.0. The maximum atomic E-state index is 13.7. The third-order valence-corrected chi connectivity index (χ3v) is 5.06. The van der Waals surface area contributed by atoms with Crippen LogP contribution in [-0.2, 0) is 16.6 Å². The largest absolute Gasteiger partial charge is 0.490 e. The average molecular weight is 460 g/mol. The number of rotatable bonds is 3. The maximum absolute atomic E-state index is 13.7. The molecule has 2 atom stereocenters. The predicted molar refractivity (Wildman–Crippen MR) is 99.3 cm³/mol. The van der Waals surface area contributed by atoms with Crippen LogP contribution in [0.1, 0.15) is 23.3 Å². The third kappa shape index (κ3) is 5.33. The molecular formula is C19H20F4N4O5. The number of nitrogens with zero attached hydrogens (tertiary/aromatic N) is 4. The predicted octanol–water partition coefficient (Wildman–Crippen LogP) is 2.04. The number of hydrogen-bond donors (Lipinski definition) is 1. The second kappa shape index (κ2) is 9.10. The molecule has 2 aliphatic heterocycles. The van der Waals surface area contributed by atoms with Crippen molar-refractivity contribution >= 4 is 11.9 Å². The number of pyridine rings is 1. The first-order valence-corrected chi connectivity index (χ1v) is 9.49. The number of carboxylic acids is 1. The molecule has 13 heteroatoms. The van der Waals surface area contributed by atoms with Crippen LogP contribution in [0.4, 0.5) is 17.6 Å². The first-order valence-electron chi connectivity index (χ1n) is 9.49. The quantitative estimate of drug-likeness (QED) is 0.699. The van der Waals surface area contributed by atoms with Crippen molar-refractivity contribution in [2.75, 3.05) is 19.7 Å². The summed E-state index contributed by atoms with van der Waals surface area (Å²) in [7, 11) is 1.75. The Labute approximate surface area is 179 Å². The molecule has 0 aliphatic carbocycles. The summed E-state index contributed by atoms with van der Waals surface area (Å²) in [5, 5.41) is 11.2. The van der Waals surface area contributed by atoms with Crippen LogP contribution in [-0.4, -0.2) is 74.2 Å². The molecule has 1 N–H and O–H groups in total. The van der Waals surface area contributed by atoms with Gasteiger partial charge < -0.3 is 19.5 Å². The lowest BCUT2D eigenvalue weighted by Crippen LogP contribution is -2.36. The number of hydrogen-bond acceptors (Lipinski definition) is 6. The number of alkyl halides is 3. The number of aromatic nitrogens is 3. The van der Waals surface area contributed by atoms with Gasteiger partial charge in [0.15, 0.2) is 5.82 Å². The summed E-state index contributed by atoms with van der Waals surface area (Å²) in [5.74, 6) is -3.30. The summed E-state index contributed by atoms with van der Waals surface area (Å²) in [6.45, 7) is 1.49. The molecule has 2 saturated heterocycles. The Morgan fingerprint density at radius 3 is 2.62 bits per heavy atom. The molecule has 0 aromatic carbocycles. The summed E-state index contributed by atoms with van der Waals surface area (Å²) in [6.07, 6.45) is -0.903. The molecular weight excluding hydrogens is 440 g/mol. The van der Waals surface area contributed by atoms with Gasteiger partial charge in [0.05, 0.1) is 18.8 Å². The number of amides is 1. The van der Waals surface area contributed by atoms with Gasteiger partial charge in [0.1, 0.15) is 11.8 Å². The maximum Gasteiger partial charge on any atom is 0.490 e. The molecule has 1 amide bonds. The van der Waals surface area contributed by atoms with E-state index in [9.17, 15) is 22.4 Å². The van der Waals surface area contributed by atoms with Crippen LogP contribution >= 0.6 is 0 Å². The van der Waals surface area contributed by atoms with Gasteiger partial charge in [-0.05, 0) is 24.6 Å². The molecule has 2 aromatic heterocycles. The molecule has 2 aliphatic rings. The Morgan fingerprint density at radius 1 is 1.31 bits per heavy atom. The van der Waals surface area contributed by atoms with Crippen LogP contribution in [0.3, 0.4) is 0 Å². The van der Waals surface area contributed by atoms with E-state index >= 15 is 0 Å². The number of carboxylic acid groups (broad SMARTS) is 1. The fourth-order valence-electron chi connectivity index (χ4n) is 3.54. The second-order valence-electron chi connectivity index (χ2n) is 7.35. The zero-order valence-corrected chi connectivity index (χ0v) is 16.9. The minimum Gasteiger partial charge on any atom is -0.475 e. The minimum absolute atomic E-state index is 0.00559. The summed E-state index contributed by atoms with van der Waals surface area (Å²) >= 11 is 0. The van der Waals surface area contributed by atoms with Crippen LogP contribution in [0.2, 0.25) is 0 Å². The molecule has 4 rings (SSSR count). The van der Waals surface area contributed by atoms with Gasteiger partial charge in [-0.2, -0.15) is 18.3 Å². The number of aryl methyl sites for hydroxylation is 1. The molecule has 0 radical (unpaired) electrons. The van der Waals surface area contributed by atoms with Crippen LogP contribution in [0.5, 0.6) is 5.88 Å². The van der Waals surface area contributed by atoms with E-state index in [1.165, 1.54) is 18.3 Å². The molecule has 2 aromatic rings. The highest BCUT2D eigenvalue weighted by atomic mass is 19.4. The molecule has 4 heterocycles. The van der Waals surface area contributed by atoms with E-state index in [1.54, 1.807) is 28.9 Å². The number of likely N-dealkylation sites (tertiary alicyclic amines) is 1. The fraction of sp³-hybridized carbons (Fsp3) is 0.474. The number of carbonyl (C=O) groups excluding carboxylic acids is 1. The van der Waals surface area contributed by atoms with Crippen molar-refractivity contribution < 1.29 is 41.7 Å². The minimum atomic E-state index is -5.08. The number of halogens is 4. The van der Waals surface area contributed by atoms with E-state index in [4.69, 9.17) is 19.4 Å². The van der Waals surface area contributed by atoms with Crippen LogP contribution < -0.4 is 4.74 Å². The average Bonchev–Trinajstić information content (AvgIpc) is 3.44. The number of aliphatic carboxylic acids is 1. The zero-order chi connectivity index (χ0) is 23.5. The molecule has 174 valence electrons. The SMILES string of the molecule is Cn1nccc1C(=O)N1CC[C@]2(C[C@H](Oc3ncccc3F)CO2)C1.O=C(O)C(F)(F)F. The van der Waals surface area contributed by atoms with Gasteiger partial charge in [0.2, 0.25) is 0 Å². The van der Waals surface area contributed by atoms with Crippen LogP contribution in [0, 0.1) is 5.82 Å². The monoisotopic (exact) mass is 460 g/mol. The highest BCUT2D eigenvalue weighted by Crippen LogP contribution is 2.37. The van der Waals surface area contributed by atoms with Crippen molar-refractivity contribution in [3.05, 3.63) is 42.1 Å². The lowest BCUT2D eigenvalue weighted by atomic mass is 9.98. The second-order valence-corrected chi connectivity index (χ2v) is 7.35. The molecule has 0 bridgehead atoms. The van der Waals surface area contributed by atoms with Gasteiger partial charge in [-0.25, -0.2) is 14.2 Å². The van der Waals surface area contributed by atoms with Crippen molar-refractivity contribution in [2.45, 2.75) is 30.7 Å². The van der Waals surface area contributed by atoms with Crippen molar-refractivity contribution in [1.29, 1.82) is 0 Å². The lowest BCUT2D eigenvalue weighted by molar-refractivity contribution is -0.192. The molecule has 32 heavy (non-hydrogen) atoms. The summed E-state index contributed by atoms with van der Waals surface area (Å²) in [5.41, 5.74) is 0.128. The van der Waals surface area contributed by atoms with Gasteiger partial charge >= 0.3 is 12.1 Å². The number of ether oxygens (including phenoxy) is 2. The molecule has 0 unspecified atom stereocenters. The highest BCUT2D eigenvalue weighted by molar-refractivity contribution is 5.92. The van der Waals surface area contributed by atoms with E-state index in [1.807, 2.05) is 0 Å². The van der Waals surface area contributed by atoms with Gasteiger partial charge in [-0.1, -0.05) is 0 Å².